The molecule has 0 saturated heterocycles. The maximum Gasteiger partial charge on any atom is 0.142 e. The number of anilines is 1. The Bertz CT molecular complexity index is 905. The van der Waals surface area contributed by atoms with Crippen LogP contribution in [0.1, 0.15) is 22.4 Å². The summed E-state index contributed by atoms with van der Waals surface area (Å²) in [7, 11) is 0. The van der Waals surface area contributed by atoms with Crippen molar-refractivity contribution >= 4 is 28.6 Å². The van der Waals surface area contributed by atoms with Crippen molar-refractivity contribution in [2.75, 3.05) is 11.9 Å². The Labute approximate surface area is 156 Å². The zero-order chi connectivity index (χ0) is 17.4. The maximum atomic E-state index is 5.96. The van der Waals surface area contributed by atoms with E-state index in [4.69, 9.17) is 21.3 Å². The van der Waals surface area contributed by atoms with Crippen molar-refractivity contribution in [2.24, 2.45) is 0 Å². The van der Waals surface area contributed by atoms with Gasteiger partial charge in [0.2, 0.25) is 0 Å². The number of rotatable bonds is 3. The van der Waals surface area contributed by atoms with Gasteiger partial charge in [-0.2, -0.15) is 0 Å². The van der Waals surface area contributed by atoms with Gasteiger partial charge in [0.25, 0.3) is 0 Å². The van der Waals surface area contributed by atoms with Crippen LogP contribution < -0.4 is 10.1 Å². The minimum absolute atomic E-state index is 0.199. The number of ether oxygens (including phenoxy) is 1. The fourth-order valence-electron chi connectivity index (χ4n) is 3.00. The fourth-order valence-corrected chi connectivity index (χ4v) is 4.12. The first-order valence-corrected chi connectivity index (χ1v) is 9.53. The van der Waals surface area contributed by atoms with E-state index in [9.17, 15) is 0 Å². The molecule has 0 saturated carbocycles. The quantitative estimate of drug-likeness (QED) is 0.655. The van der Waals surface area contributed by atoms with Crippen molar-refractivity contribution < 1.29 is 4.74 Å². The van der Waals surface area contributed by atoms with Gasteiger partial charge < -0.3 is 10.1 Å². The molecule has 4 rings (SSSR count). The number of nitrogens with zero attached hydrogens (tertiary/aromatic N) is 1. The zero-order valence-corrected chi connectivity index (χ0v) is 15.7. The maximum absolute atomic E-state index is 5.96. The van der Waals surface area contributed by atoms with Gasteiger partial charge >= 0.3 is 0 Å². The van der Waals surface area contributed by atoms with Gasteiger partial charge in [-0.1, -0.05) is 23.7 Å². The molecule has 2 aromatic carbocycles. The summed E-state index contributed by atoms with van der Waals surface area (Å²) in [6.07, 6.45) is 1.03. The number of halogens is 1. The van der Waals surface area contributed by atoms with E-state index >= 15 is 0 Å². The van der Waals surface area contributed by atoms with Gasteiger partial charge in [-0.25, -0.2) is 4.98 Å². The summed E-state index contributed by atoms with van der Waals surface area (Å²) in [5.74, 6) is 0.914. The summed E-state index contributed by atoms with van der Waals surface area (Å²) >= 11 is 7.71. The van der Waals surface area contributed by atoms with Crippen LogP contribution in [0.3, 0.4) is 0 Å². The third-order valence-electron chi connectivity index (χ3n) is 4.27. The molecule has 1 aliphatic heterocycles. The van der Waals surface area contributed by atoms with E-state index < -0.39 is 0 Å². The van der Waals surface area contributed by atoms with Crippen LogP contribution >= 0.6 is 22.9 Å². The molecule has 2 heterocycles. The molecule has 0 bridgehead atoms. The number of aromatic nitrogens is 1. The van der Waals surface area contributed by atoms with Crippen LogP contribution in [-0.4, -0.2) is 17.6 Å². The fraction of sp³-hybridized carbons (Fsp3) is 0.250. The molecule has 0 aliphatic carbocycles. The first-order chi connectivity index (χ1) is 12.1. The van der Waals surface area contributed by atoms with Crippen LogP contribution in [0.4, 0.5) is 5.69 Å². The minimum Gasteiger partial charge on any atom is -0.487 e. The molecule has 1 unspecified atom stereocenters. The number of thiazole rings is 1. The topological polar surface area (TPSA) is 34.2 Å². The molecule has 1 atom stereocenters. The molecular weight excluding hydrogens is 352 g/mol. The molecule has 1 N–H and O–H groups in total. The lowest BCUT2D eigenvalue weighted by molar-refractivity contribution is 0.226. The average Bonchev–Trinajstić information content (AvgIpc) is 2.97. The Kier molecular flexibility index (Phi) is 4.40. The first kappa shape index (κ1) is 16.4. The SMILES string of the molecule is Cc1sc(Cc2ccc(Cl)cc2)nc1-c1ccc2c(c1)NCC(C)O2. The second kappa shape index (κ2) is 6.70. The summed E-state index contributed by atoms with van der Waals surface area (Å²) in [4.78, 5) is 6.11. The number of fused-ring (bicyclic) bond motifs is 1. The second-order valence-electron chi connectivity index (χ2n) is 6.34. The van der Waals surface area contributed by atoms with E-state index in [1.165, 1.54) is 10.4 Å². The van der Waals surface area contributed by atoms with Crippen molar-refractivity contribution in [1.82, 2.24) is 4.98 Å². The van der Waals surface area contributed by atoms with Crippen molar-refractivity contribution in [3.63, 3.8) is 0 Å². The molecule has 1 aliphatic rings. The largest absolute Gasteiger partial charge is 0.487 e. The number of aryl methyl sites for hydroxylation is 1. The lowest BCUT2D eigenvalue weighted by Crippen LogP contribution is -2.27. The van der Waals surface area contributed by atoms with Crippen molar-refractivity contribution in [3.8, 4) is 17.0 Å². The van der Waals surface area contributed by atoms with Crippen molar-refractivity contribution in [1.29, 1.82) is 0 Å². The Morgan fingerprint density at radius 2 is 2.04 bits per heavy atom. The van der Waals surface area contributed by atoms with Crippen LogP contribution in [0.2, 0.25) is 5.02 Å². The van der Waals surface area contributed by atoms with Gasteiger partial charge in [-0.05, 0) is 49.7 Å². The third-order valence-corrected chi connectivity index (χ3v) is 5.49. The molecule has 3 aromatic rings. The van der Waals surface area contributed by atoms with E-state index in [0.29, 0.717) is 0 Å². The lowest BCUT2D eigenvalue weighted by atomic mass is 10.1. The summed E-state index contributed by atoms with van der Waals surface area (Å²) in [6.45, 7) is 5.02. The molecule has 0 radical (unpaired) electrons. The molecule has 1 aromatic heterocycles. The van der Waals surface area contributed by atoms with E-state index in [-0.39, 0.29) is 6.10 Å². The number of hydrogen-bond acceptors (Lipinski definition) is 4. The average molecular weight is 371 g/mol. The highest BCUT2D eigenvalue weighted by Gasteiger charge is 2.17. The van der Waals surface area contributed by atoms with Crippen molar-refractivity contribution in [2.45, 2.75) is 26.4 Å². The predicted molar refractivity (Wildman–Crippen MR) is 105 cm³/mol. The Morgan fingerprint density at radius 1 is 1.24 bits per heavy atom. The summed E-state index contributed by atoms with van der Waals surface area (Å²) in [6, 6.07) is 14.2. The van der Waals surface area contributed by atoms with Gasteiger partial charge in [-0.3, -0.25) is 0 Å². The molecule has 5 heteroatoms. The molecule has 0 fully saturated rings. The Hall–Kier alpha value is -2.04. The van der Waals surface area contributed by atoms with Gasteiger partial charge in [0.15, 0.2) is 0 Å². The highest BCUT2D eigenvalue weighted by molar-refractivity contribution is 7.12. The highest BCUT2D eigenvalue weighted by Crippen LogP contribution is 2.36. The zero-order valence-electron chi connectivity index (χ0n) is 14.2. The standard InChI is InChI=1S/C20H19ClN2OS/c1-12-11-22-17-10-15(5-8-18(17)24-12)20-13(2)25-19(23-20)9-14-3-6-16(21)7-4-14/h3-8,10,12,22H,9,11H2,1-2H3. The summed E-state index contributed by atoms with van der Waals surface area (Å²) in [5, 5.41) is 5.31. The van der Waals surface area contributed by atoms with Gasteiger partial charge in [0, 0.05) is 21.9 Å². The van der Waals surface area contributed by atoms with E-state index in [1.54, 1.807) is 11.3 Å². The van der Waals surface area contributed by atoms with E-state index in [1.807, 2.05) is 18.2 Å². The normalized spacial score (nSPS) is 16.0. The smallest absolute Gasteiger partial charge is 0.142 e. The van der Waals surface area contributed by atoms with Crippen molar-refractivity contribution in [3.05, 3.63) is 62.9 Å². The van der Waals surface area contributed by atoms with E-state index in [0.717, 1.165) is 45.7 Å². The highest BCUT2D eigenvalue weighted by atomic mass is 35.5. The van der Waals surface area contributed by atoms with Crippen LogP contribution in [-0.2, 0) is 6.42 Å². The lowest BCUT2D eigenvalue weighted by Gasteiger charge is -2.25. The number of hydrogen-bond donors (Lipinski definition) is 1. The van der Waals surface area contributed by atoms with Gasteiger partial charge in [0.05, 0.1) is 22.9 Å². The third kappa shape index (κ3) is 3.51. The van der Waals surface area contributed by atoms with Crippen LogP contribution in [0.15, 0.2) is 42.5 Å². The molecule has 0 amide bonds. The minimum atomic E-state index is 0.199. The monoisotopic (exact) mass is 370 g/mol. The molecular formula is C20H19ClN2OS. The Balaban J connectivity index is 1.61. The van der Waals surface area contributed by atoms with E-state index in [2.05, 4.69) is 43.4 Å². The van der Waals surface area contributed by atoms with Crippen LogP contribution in [0, 0.1) is 6.92 Å². The second-order valence-corrected chi connectivity index (χ2v) is 8.06. The molecule has 25 heavy (non-hydrogen) atoms. The van der Waals surface area contributed by atoms with Crippen LogP contribution in [0.25, 0.3) is 11.3 Å². The number of benzene rings is 2. The predicted octanol–water partition coefficient (Wildman–Crippen LogP) is 5.56. The van der Waals surface area contributed by atoms with Crippen LogP contribution in [0.5, 0.6) is 5.75 Å². The first-order valence-electron chi connectivity index (χ1n) is 8.34. The molecule has 0 spiro atoms. The summed E-state index contributed by atoms with van der Waals surface area (Å²) < 4.78 is 5.86. The number of nitrogens with one attached hydrogen (secondary N) is 1. The summed E-state index contributed by atoms with van der Waals surface area (Å²) in [5.41, 5.74) is 4.44. The van der Waals surface area contributed by atoms with Gasteiger partial charge in [0.1, 0.15) is 11.9 Å². The van der Waals surface area contributed by atoms with Gasteiger partial charge in [-0.15, -0.1) is 11.3 Å². The Morgan fingerprint density at radius 3 is 2.84 bits per heavy atom. The molecule has 3 nitrogen and oxygen atoms in total. The molecule has 128 valence electrons.